The molecule has 3 N–H and O–H groups in total. The van der Waals surface area contributed by atoms with Gasteiger partial charge in [-0.3, -0.25) is 9.59 Å². The second kappa shape index (κ2) is 9.84. The molecule has 0 aliphatic heterocycles. The number of benzene rings is 3. The Hall–Kier alpha value is -3.05. The minimum absolute atomic E-state index is 0.0779. The van der Waals surface area contributed by atoms with E-state index in [9.17, 15) is 9.59 Å². The van der Waals surface area contributed by atoms with Crippen LogP contribution in [0, 0.1) is 0 Å². The van der Waals surface area contributed by atoms with Crippen molar-refractivity contribution in [3.05, 3.63) is 71.2 Å². The zero-order chi connectivity index (χ0) is 21.6. The summed E-state index contributed by atoms with van der Waals surface area (Å²) < 4.78 is 0. The molecule has 0 spiro atoms. The number of rotatable bonds is 6. The Morgan fingerprint density at radius 2 is 1.71 bits per heavy atom. The van der Waals surface area contributed by atoms with Crippen LogP contribution in [-0.4, -0.2) is 24.4 Å². The Morgan fingerprint density at radius 1 is 0.935 bits per heavy atom. The summed E-state index contributed by atoms with van der Waals surface area (Å²) in [5, 5.41) is 11.6. The standard InChI is InChI=1S/C25H26ClN3O2/c26-22-14-13-19(15-21(22)25(31)28-18-9-2-1-3-10-18)27-16-24(30)29-23-12-6-8-17-7-4-5-11-20(17)23/h4-8,11-15,18,27H,1-3,9-10,16H2,(H,28,31)(H,29,30). The molecular formula is C25H26ClN3O2. The maximum absolute atomic E-state index is 12.7. The summed E-state index contributed by atoms with van der Waals surface area (Å²) >= 11 is 6.27. The third kappa shape index (κ3) is 5.36. The Labute approximate surface area is 187 Å². The molecule has 3 aromatic carbocycles. The number of hydrogen-bond donors (Lipinski definition) is 3. The second-order valence-corrected chi connectivity index (χ2v) is 8.34. The molecule has 2 amide bonds. The van der Waals surface area contributed by atoms with Gasteiger partial charge in [0.1, 0.15) is 0 Å². The van der Waals surface area contributed by atoms with Gasteiger partial charge in [0.15, 0.2) is 0 Å². The maximum atomic E-state index is 12.7. The van der Waals surface area contributed by atoms with Crippen molar-refractivity contribution in [2.45, 2.75) is 38.1 Å². The van der Waals surface area contributed by atoms with E-state index in [4.69, 9.17) is 11.6 Å². The summed E-state index contributed by atoms with van der Waals surface area (Å²) in [5.74, 6) is -0.333. The lowest BCUT2D eigenvalue weighted by atomic mass is 9.95. The molecule has 5 nitrogen and oxygen atoms in total. The average molecular weight is 436 g/mol. The maximum Gasteiger partial charge on any atom is 0.253 e. The van der Waals surface area contributed by atoms with Crippen LogP contribution in [0.15, 0.2) is 60.7 Å². The highest BCUT2D eigenvalue weighted by molar-refractivity contribution is 6.34. The molecule has 0 atom stereocenters. The van der Waals surface area contributed by atoms with Crippen LogP contribution in [0.3, 0.4) is 0 Å². The summed E-state index contributed by atoms with van der Waals surface area (Å²) in [7, 11) is 0. The Bertz CT molecular complexity index is 1090. The number of carbonyl (C=O) groups is 2. The van der Waals surface area contributed by atoms with Crippen LogP contribution in [-0.2, 0) is 4.79 Å². The van der Waals surface area contributed by atoms with Gasteiger partial charge in [-0.25, -0.2) is 0 Å². The van der Waals surface area contributed by atoms with E-state index in [1.807, 2.05) is 42.5 Å². The zero-order valence-electron chi connectivity index (χ0n) is 17.3. The summed E-state index contributed by atoms with van der Waals surface area (Å²) in [6.07, 6.45) is 5.54. The van der Waals surface area contributed by atoms with Crippen LogP contribution in [0.5, 0.6) is 0 Å². The first-order valence-electron chi connectivity index (χ1n) is 10.7. The van der Waals surface area contributed by atoms with E-state index < -0.39 is 0 Å². The second-order valence-electron chi connectivity index (χ2n) is 7.93. The van der Waals surface area contributed by atoms with Gasteiger partial charge in [0.2, 0.25) is 5.91 Å². The van der Waals surface area contributed by atoms with Gasteiger partial charge >= 0.3 is 0 Å². The fourth-order valence-corrected chi connectivity index (χ4v) is 4.23. The van der Waals surface area contributed by atoms with Crippen molar-refractivity contribution in [1.82, 2.24) is 5.32 Å². The van der Waals surface area contributed by atoms with Crippen molar-refractivity contribution in [3.63, 3.8) is 0 Å². The number of carbonyl (C=O) groups excluding carboxylic acids is 2. The molecule has 1 saturated carbocycles. The van der Waals surface area contributed by atoms with Gasteiger partial charge in [-0.1, -0.05) is 67.3 Å². The van der Waals surface area contributed by atoms with Crippen molar-refractivity contribution < 1.29 is 9.59 Å². The van der Waals surface area contributed by atoms with Crippen molar-refractivity contribution in [1.29, 1.82) is 0 Å². The van der Waals surface area contributed by atoms with Crippen LogP contribution in [0.4, 0.5) is 11.4 Å². The third-order valence-corrected chi connectivity index (χ3v) is 6.00. The number of amides is 2. The molecule has 0 saturated heterocycles. The lowest BCUT2D eigenvalue weighted by Crippen LogP contribution is -2.36. The monoisotopic (exact) mass is 435 g/mol. The van der Waals surface area contributed by atoms with Crippen LogP contribution < -0.4 is 16.0 Å². The Morgan fingerprint density at radius 3 is 2.55 bits per heavy atom. The minimum Gasteiger partial charge on any atom is -0.376 e. The SMILES string of the molecule is O=C(CNc1ccc(Cl)c(C(=O)NC2CCCCC2)c1)Nc1cccc2ccccc12. The Kier molecular flexibility index (Phi) is 6.73. The quantitative estimate of drug-likeness (QED) is 0.471. The van der Waals surface area contributed by atoms with Gasteiger partial charge < -0.3 is 16.0 Å². The van der Waals surface area contributed by atoms with Crippen molar-refractivity contribution >= 4 is 45.6 Å². The largest absolute Gasteiger partial charge is 0.376 e. The van der Waals surface area contributed by atoms with Gasteiger partial charge in [0, 0.05) is 22.8 Å². The molecule has 1 aliphatic carbocycles. The van der Waals surface area contributed by atoms with Crippen molar-refractivity contribution in [2.24, 2.45) is 0 Å². The van der Waals surface area contributed by atoms with E-state index in [1.54, 1.807) is 18.2 Å². The van der Waals surface area contributed by atoms with E-state index in [0.29, 0.717) is 16.3 Å². The summed E-state index contributed by atoms with van der Waals surface area (Å²) in [6, 6.07) is 19.1. The average Bonchev–Trinajstić information content (AvgIpc) is 2.79. The molecule has 0 heterocycles. The molecule has 0 radical (unpaired) electrons. The molecule has 1 aliphatic rings. The molecule has 6 heteroatoms. The fraction of sp³-hybridized carbons (Fsp3) is 0.280. The molecule has 0 unspecified atom stereocenters. The van der Waals surface area contributed by atoms with E-state index in [-0.39, 0.29) is 24.4 Å². The predicted octanol–water partition coefficient (Wildman–Crippen LogP) is 5.61. The molecule has 0 bridgehead atoms. The fourth-order valence-electron chi connectivity index (χ4n) is 4.03. The van der Waals surface area contributed by atoms with Gasteiger partial charge in [-0.15, -0.1) is 0 Å². The zero-order valence-corrected chi connectivity index (χ0v) is 18.0. The van der Waals surface area contributed by atoms with Crippen LogP contribution in [0.2, 0.25) is 5.02 Å². The minimum atomic E-state index is -0.167. The third-order valence-electron chi connectivity index (χ3n) is 5.67. The normalized spacial score (nSPS) is 14.2. The van der Waals surface area contributed by atoms with Crippen molar-refractivity contribution in [3.8, 4) is 0 Å². The van der Waals surface area contributed by atoms with E-state index in [2.05, 4.69) is 16.0 Å². The first-order valence-corrected chi connectivity index (χ1v) is 11.1. The van der Waals surface area contributed by atoms with Crippen LogP contribution in [0.1, 0.15) is 42.5 Å². The molecule has 1 fully saturated rings. The number of halogens is 1. The topological polar surface area (TPSA) is 70.2 Å². The number of hydrogen-bond acceptors (Lipinski definition) is 3. The first-order chi connectivity index (χ1) is 15.1. The van der Waals surface area contributed by atoms with E-state index >= 15 is 0 Å². The number of fused-ring (bicyclic) bond motifs is 1. The van der Waals surface area contributed by atoms with Crippen molar-refractivity contribution in [2.75, 3.05) is 17.2 Å². The highest BCUT2D eigenvalue weighted by Gasteiger charge is 2.18. The van der Waals surface area contributed by atoms with Crippen LogP contribution >= 0.6 is 11.6 Å². The lowest BCUT2D eigenvalue weighted by Gasteiger charge is -2.23. The highest BCUT2D eigenvalue weighted by atomic mass is 35.5. The number of anilines is 2. The smallest absolute Gasteiger partial charge is 0.253 e. The van der Waals surface area contributed by atoms with Crippen LogP contribution in [0.25, 0.3) is 10.8 Å². The lowest BCUT2D eigenvalue weighted by molar-refractivity contribution is -0.114. The van der Waals surface area contributed by atoms with Gasteiger partial charge in [0.25, 0.3) is 5.91 Å². The van der Waals surface area contributed by atoms with Gasteiger partial charge in [-0.2, -0.15) is 0 Å². The van der Waals surface area contributed by atoms with Gasteiger partial charge in [0.05, 0.1) is 17.1 Å². The molecule has 160 valence electrons. The molecule has 4 rings (SSSR count). The highest BCUT2D eigenvalue weighted by Crippen LogP contribution is 2.24. The summed E-state index contributed by atoms with van der Waals surface area (Å²) in [5.41, 5.74) is 1.87. The van der Waals surface area contributed by atoms with E-state index in [0.717, 1.165) is 42.1 Å². The molecule has 31 heavy (non-hydrogen) atoms. The number of nitrogens with one attached hydrogen (secondary N) is 3. The van der Waals surface area contributed by atoms with E-state index in [1.165, 1.54) is 6.42 Å². The predicted molar refractivity (Wildman–Crippen MR) is 127 cm³/mol. The Balaban J connectivity index is 1.38. The summed E-state index contributed by atoms with van der Waals surface area (Å²) in [4.78, 5) is 25.2. The molecule has 0 aromatic heterocycles. The van der Waals surface area contributed by atoms with Gasteiger partial charge in [-0.05, 0) is 42.5 Å². The molecular weight excluding hydrogens is 410 g/mol. The summed E-state index contributed by atoms with van der Waals surface area (Å²) in [6.45, 7) is 0.0779. The first kappa shape index (κ1) is 21.2. The molecule has 3 aromatic rings.